The van der Waals surface area contributed by atoms with Gasteiger partial charge in [-0.25, -0.2) is 9.37 Å². The molecule has 2 heterocycles. The van der Waals surface area contributed by atoms with Crippen molar-refractivity contribution in [3.8, 4) is 0 Å². The number of nitrogens with zero attached hydrogens (tertiary/aromatic N) is 1. The summed E-state index contributed by atoms with van der Waals surface area (Å²) in [4.78, 5) is 19.7. The van der Waals surface area contributed by atoms with E-state index in [1.807, 2.05) is 45.9 Å². The zero-order chi connectivity index (χ0) is 19.4. The molecule has 1 aliphatic carbocycles. The minimum atomic E-state index is -1.04. The quantitative estimate of drug-likeness (QED) is 0.833. The van der Waals surface area contributed by atoms with Crippen LogP contribution >= 0.6 is 0 Å². The molecule has 1 saturated heterocycles. The number of aromatic amines is 1. The van der Waals surface area contributed by atoms with Gasteiger partial charge in [0, 0.05) is 6.42 Å². The van der Waals surface area contributed by atoms with E-state index >= 15 is 4.39 Å². The molecule has 5 nitrogen and oxygen atoms in total. The highest BCUT2D eigenvalue weighted by molar-refractivity contribution is 6.53. The second kappa shape index (κ2) is 6.28. The monoisotopic (exact) mass is 370 g/mol. The van der Waals surface area contributed by atoms with Gasteiger partial charge >= 0.3 is 7.12 Å². The number of halogens is 1. The molecule has 0 radical (unpaired) electrons. The Labute approximate surface area is 158 Å². The third-order valence-electron chi connectivity index (χ3n) is 5.86. The van der Waals surface area contributed by atoms with Crippen molar-refractivity contribution in [1.29, 1.82) is 0 Å². The fourth-order valence-electron chi connectivity index (χ4n) is 3.32. The Morgan fingerprint density at radius 2 is 1.85 bits per heavy atom. The number of aromatic nitrogens is 2. The van der Waals surface area contributed by atoms with Crippen molar-refractivity contribution in [2.24, 2.45) is 5.92 Å². The van der Waals surface area contributed by atoms with E-state index in [1.165, 1.54) is 0 Å². The Bertz CT molecular complexity index is 963. The zero-order valence-electron chi connectivity index (χ0n) is 16.1. The highest BCUT2D eigenvalue weighted by atomic mass is 19.1. The van der Waals surface area contributed by atoms with Gasteiger partial charge in [0.1, 0.15) is 11.4 Å². The summed E-state index contributed by atoms with van der Waals surface area (Å²) < 4.78 is 27.1. The molecule has 0 unspecified atom stereocenters. The number of H-pyrrole nitrogens is 1. The van der Waals surface area contributed by atoms with Crippen LogP contribution in [0.15, 0.2) is 40.4 Å². The number of para-hydroxylation sites is 2. The second-order valence-electron chi connectivity index (χ2n) is 8.44. The van der Waals surface area contributed by atoms with E-state index in [1.54, 1.807) is 6.07 Å². The van der Waals surface area contributed by atoms with E-state index in [0.29, 0.717) is 22.3 Å². The van der Waals surface area contributed by atoms with Crippen molar-refractivity contribution in [3.05, 3.63) is 51.6 Å². The van der Waals surface area contributed by atoms with Gasteiger partial charge in [-0.15, -0.1) is 0 Å². The molecule has 0 atom stereocenters. The molecule has 27 heavy (non-hydrogen) atoms. The van der Waals surface area contributed by atoms with E-state index in [-0.39, 0.29) is 17.9 Å². The van der Waals surface area contributed by atoms with Gasteiger partial charge in [-0.2, -0.15) is 0 Å². The summed E-state index contributed by atoms with van der Waals surface area (Å²) in [5.41, 5.74) is 0.348. The van der Waals surface area contributed by atoms with E-state index in [4.69, 9.17) is 9.31 Å². The lowest BCUT2D eigenvalue weighted by Gasteiger charge is -2.32. The summed E-state index contributed by atoms with van der Waals surface area (Å²) in [6, 6.07) is 7.34. The van der Waals surface area contributed by atoms with Crippen LogP contribution in [0.2, 0.25) is 0 Å². The van der Waals surface area contributed by atoms with Crippen LogP contribution in [0.5, 0.6) is 0 Å². The molecule has 0 bridgehead atoms. The third kappa shape index (κ3) is 3.34. The molecule has 2 aromatic rings. The first-order valence-corrected chi connectivity index (χ1v) is 9.40. The molecule has 2 aliphatic rings. The van der Waals surface area contributed by atoms with E-state index in [9.17, 15) is 4.79 Å². The molecule has 142 valence electrons. The van der Waals surface area contributed by atoms with Gasteiger partial charge in [0.2, 0.25) is 0 Å². The lowest BCUT2D eigenvalue weighted by Crippen LogP contribution is -2.41. The van der Waals surface area contributed by atoms with Gasteiger partial charge in [-0.3, -0.25) is 4.79 Å². The first kappa shape index (κ1) is 18.4. The number of nitrogens with one attached hydrogen (secondary N) is 1. The summed E-state index contributed by atoms with van der Waals surface area (Å²) in [7, 11) is -1.04. The second-order valence-corrected chi connectivity index (χ2v) is 8.44. The summed E-state index contributed by atoms with van der Waals surface area (Å²) >= 11 is 0. The number of allylic oxidation sites excluding steroid dienone is 1. The smallest absolute Gasteiger partial charge is 0.398 e. The van der Waals surface area contributed by atoms with Crippen LogP contribution in [0.25, 0.3) is 11.0 Å². The molecular formula is C20H24BFN2O3. The minimum absolute atomic E-state index is 0.122. The Balaban J connectivity index is 1.69. The minimum Gasteiger partial charge on any atom is -0.398 e. The fourth-order valence-corrected chi connectivity index (χ4v) is 3.32. The predicted octanol–water partition coefficient (Wildman–Crippen LogP) is 3.73. The number of rotatable bonds is 4. The lowest BCUT2D eigenvalue weighted by atomic mass is 9.82. The Kier molecular flexibility index (Phi) is 4.27. The third-order valence-corrected chi connectivity index (χ3v) is 5.86. The molecule has 1 saturated carbocycles. The standard InChI is InChI=1S/C20H24BFN2O3/c1-19(2)20(3,4)27-21(26-19)17(22)13(12-9-10-12)11-16-18(25)24-15-8-6-5-7-14(15)23-16/h5-8,12H,9-11H2,1-4H3,(H,24,25). The molecule has 4 rings (SSSR count). The van der Waals surface area contributed by atoms with Gasteiger partial charge in [-0.05, 0) is 64.2 Å². The molecule has 0 spiro atoms. The van der Waals surface area contributed by atoms with Crippen LogP contribution in [0.1, 0.15) is 46.2 Å². The fraction of sp³-hybridized carbons (Fsp3) is 0.500. The molecule has 0 amide bonds. The van der Waals surface area contributed by atoms with Crippen LogP contribution in [0, 0.1) is 5.92 Å². The predicted molar refractivity (Wildman–Crippen MR) is 103 cm³/mol. The summed E-state index contributed by atoms with van der Waals surface area (Å²) in [6.45, 7) is 7.58. The normalized spacial score (nSPS) is 22.2. The van der Waals surface area contributed by atoms with Crippen molar-refractivity contribution in [1.82, 2.24) is 9.97 Å². The van der Waals surface area contributed by atoms with Crippen LogP contribution < -0.4 is 5.56 Å². The highest BCUT2D eigenvalue weighted by Gasteiger charge is 2.54. The average Bonchev–Trinajstić information content (AvgIpc) is 3.39. The SMILES string of the molecule is CC1(C)OB(C(F)=C(Cc2nc3ccccc3[nH]c2=O)C2CC2)OC1(C)C. The van der Waals surface area contributed by atoms with Crippen molar-refractivity contribution in [2.75, 3.05) is 0 Å². The maximum absolute atomic E-state index is 15.4. The van der Waals surface area contributed by atoms with Gasteiger partial charge in [0.05, 0.1) is 22.2 Å². The Morgan fingerprint density at radius 3 is 2.48 bits per heavy atom. The first-order chi connectivity index (χ1) is 12.7. The lowest BCUT2D eigenvalue weighted by molar-refractivity contribution is 0.00578. The van der Waals surface area contributed by atoms with E-state index in [2.05, 4.69) is 9.97 Å². The summed E-state index contributed by atoms with van der Waals surface area (Å²) in [5, 5.41) is 0. The molecule has 1 aromatic carbocycles. The number of hydrogen-bond acceptors (Lipinski definition) is 4. The molecule has 7 heteroatoms. The van der Waals surface area contributed by atoms with E-state index < -0.39 is 24.0 Å². The Hall–Kier alpha value is -1.99. The highest BCUT2D eigenvalue weighted by Crippen LogP contribution is 2.44. The molecule has 1 aromatic heterocycles. The molecule has 2 fully saturated rings. The maximum Gasteiger partial charge on any atom is 0.525 e. The molecular weight excluding hydrogens is 346 g/mol. The largest absolute Gasteiger partial charge is 0.525 e. The van der Waals surface area contributed by atoms with E-state index in [0.717, 1.165) is 12.8 Å². The number of benzene rings is 1. The van der Waals surface area contributed by atoms with Crippen molar-refractivity contribution in [3.63, 3.8) is 0 Å². The topological polar surface area (TPSA) is 64.2 Å². The zero-order valence-corrected chi connectivity index (χ0v) is 16.1. The van der Waals surface area contributed by atoms with Gasteiger partial charge in [-0.1, -0.05) is 12.1 Å². The molecule has 1 aliphatic heterocycles. The summed E-state index contributed by atoms with van der Waals surface area (Å²) in [5.74, 6) is 0.122. The van der Waals surface area contributed by atoms with Crippen molar-refractivity contribution in [2.45, 2.75) is 58.2 Å². The molecule has 1 N–H and O–H groups in total. The van der Waals surface area contributed by atoms with Crippen LogP contribution in [-0.4, -0.2) is 28.3 Å². The number of fused-ring (bicyclic) bond motifs is 1. The van der Waals surface area contributed by atoms with Gasteiger partial charge in [0.15, 0.2) is 0 Å². The van der Waals surface area contributed by atoms with Gasteiger partial charge < -0.3 is 14.3 Å². The van der Waals surface area contributed by atoms with Gasteiger partial charge in [0.25, 0.3) is 5.56 Å². The average molecular weight is 370 g/mol. The Morgan fingerprint density at radius 1 is 1.22 bits per heavy atom. The van der Waals surface area contributed by atoms with Crippen LogP contribution in [0.4, 0.5) is 4.39 Å². The number of hydrogen-bond donors (Lipinski definition) is 1. The van der Waals surface area contributed by atoms with Crippen molar-refractivity contribution < 1.29 is 13.7 Å². The van der Waals surface area contributed by atoms with Crippen LogP contribution in [0.3, 0.4) is 0 Å². The van der Waals surface area contributed by atoms with Crippen molar-refractivity contribution >= 4 is 18.2 Å². The first-order valence-electron chi connectivity index (χ1n) is 9.40. The van der Waals surface area contributed by atoms with Crippen LogP contribution in [-0.2, 0) is 15.7 Å². The summed E-state index contributed by atoms with van der Waals surface area (Å²) in [6.07, 6.45) is 1.99. The maximum atomic E-state index is 15.4.